The van der Waals surface area contributed by atoms with Gasteiger partial charge in [-0.05, 0) is 38.0 Å². The number of ether oxygens (including phenoxy) is 1. The van der Waals surface area contributed by atoms with Crippen LogP contribution in [0, 0.1) is 23.7 Å². The Morgan fingerprint density at radius 2 is 2.00 bits per heavy atom. The molecule has 0 heterocycles. The van der Waals surface area contributed by atoms with E-state index < -0.39 is 12.2 Å². The third kappa shape index (κ3) is 12.2. The average Bonchev–Trinajstić information content (AvgIpc) is 2.65. The summed E-state index contributed by atoms with van der Waals surface area (Å²) < 4.78 is 4.81. The van der Waals surface area contributed by atoms with E-state index in [1.54, 1.807) is 31.2 Å². The molecule has 0 aromatic heterocycles. The predicted molar refractivity (Wildman–Crippen MR) is 106 cm³/mol. The van der Waals surface area contributed by atoms with Gasteiger partial charge in [0.25, 0.3) is 0 Å². The monoisotopic (exact) mass is 366 g/mol. The topological polar surface area (TPSA) is 66.8 Å². The largest absolute Gasteiger partial charge is 0.466 e. The van der Waals surface area contributed by atoms with Gasteiger partial charge in [-0.25, -0.2) is 0 Å². The quantitative estimate of drug-likeness (QED) is 0.422. The molecule has 4 heteroatoms. The van der Waals surface area contributed by atoms with Crippen molar-refractivity contribution in [3.63, 3.8) is 0 Å². The van der Waals surface area contributed by atoms with Crippen molar-refractivity contribution in [2.24, 2.45) is 0 Å². The van der Waals surface area contributed by atoms with Crippen molar-refractivity contribution >= 4 is 5.97 Å². The van der Waals surface area contributed by atoms with Crippen LogP contribution in [0.25, 0.3) is 0 Å². The Morgan fingerprint density at radius 1 is 1.22 bits per heavy atom. The molecule has 0 saturated heterocycles. The van der Waals surface area contributed by atoms with Crippen molar-refractivity contribution in [2.75, 3.05) is 6.61 Å². The van der Waals surface area contributed by atoms with Crippen LogP contribution in [-0.2, 0) is 9.53 Å². The normalized spacial score (nSPS) is 12.7. The van der Waals surface area contributed by atoms with E-state index in [2.05, 4.69) is 23.7 Å². The van der Waals surface area contributed by atoms with Crippen LogP contribution in [0.15, 0.2) is 54.6 Å². The second-order valence-electron chi connectivity index (χ2n) is 5.69. The van der Waals surface area contributed by atoms with Crippen LogP contribution >= 0.6 is 0 Å². The molecule has 0 bridgehead atoms. The third-order valence-corrected chi connectivity index (χ3v) is 3.36. The molecule has 0 spiro atoms. The summed E-state index contributed by atoms with van der Waals surface area (Å²) in [5.74, 6) is 11.1. The van der Waals surface area contributed by atoms with Gasteiger partial charge in [-0.3, -0.25) is 4.79 Å². The van der Waals surface area contributed by atoms with Gasteiger partial charge in [-0.15, -0.1) is 0 Å². The number of rotatable bonds is 8. The molecule has 2 atom stereocenters. The van der Waals surface area contributed by atoms with Crippen molar-refractivity contribution in [3.05, 3.63) is 60.2 Å². The highest BCUT2D eigenvalue weighted by molar-refractivity contribution is 5.69. The lowest BCUT2D eigenvalue weighted by molar-refractivity contribution is -0.143. The Balaban J connectivity index is 2.24. The smallest absolute Gasteiger partial charge is 0.305 e. The highest BCUT2D eigenvalue weighted by atomic mass is 16.5. The highest BCUT2D eigenvalue weighted by Crippen LogP contribution is 2.02. The van der Waals surface area contributed by atoms with Gasteiger partial charge < -0.3 is 14.9 Å². The van der Waals surface area contributed by atoms with Gasteiger partial charge in [0.05, 0.1) is 12.7 Å². The second kappa shape index (κ2) is 14.4. The lowest BCUT2D eigenvalue weighted by Crippen LogP contribution is -2.07. The van der Waals surface area contributed by atoms with Crippen LogP contribution in [0.3, 0.4) is 0 Å². The Kier molecular flexibility index (Phi) is 11.9. The molecule has 2 N–H and O–H groups in total. The molecule has 27 heavy (non-hydrogen) atoms. The molecule has 0 radical (unpaired) electrons. The summed E-state index contributed by atoms with van der Waals surface area (Å²) in [5.41, 5.74) is 0.921. The van der Waals surface area contributed by atoms with Crippen LogP contribution in [-0.4, -0.2) is 35.0 Å². The standard InChI is InChI=1S/C23H26O4/c1-2-27-23(26)19-11-18-22(25)16-9-4-3-8-15-21(24)17-10-14-20-12-6-5-7-13-20/h3-8,12-13,15,21-22,24-25H,2,11,17-19H2,1H3. The van der Waals surface area contributed by atoms with E-state index >= 15 is 0 Å². The van der Waals surface area contributed by atoms with Gasteiger partial charge in [0.2, 0.25) is 0 Å². The predicted octanol–water partition coefficient (Wildman–Crippen LogP) is 3.00. The van der Waals surface area contributed by atoms with E-state index in [-0.39, 0.29) is 12.4 Å². The summed E-state index contributed by atoms with van der Waals surface area (Å²) in [7, 11) is 0. The molecular weight excluding hydrogens is 340 g/mol. The number of aliphatic hydroxyl groups excluding tert-OH is 2. The van der Waals surface area contributed by atoms with Gasteiger partial charge in [0, 0.05) is 18.4 Å². The summed E-state index contributed by atoms with van der Waals surface area (Å²) in [5, 5.41) is 19.5. The van der Waals surface area contributed by atoms with Crippen molar-refractivity contribution in [1.82, 2.24) is 0 Å². The molecule has 1 aromatic rings. The first kappa shape index (κ1) is 22.3. The van der Waals surface area contributed by atoms with E-state index in [0.29, 0.717) is 25.9 Å². The molecule has 0 saturated carbocycles. The molecule has 142 valence electrons. The maximum Gasteiger partial charge on any atom is 0.305 e. The number of hydrogen-bond acceptors (Lipinski definition) is 4. The number of benzene rings is 1. The van der Waals surface area contributed by atoms with Gasteiger partial charge in [-0.2, -0.15) is 0 Å². The fourth-order valence-corrected chi connectivity index (χ4v) is 2.03. The summed E-state index contributed by atoms with van der Waals surface area (Å²) in [4.78, 5) is 11.2. The molecule has 0 aliphatic heterocycles. The van der Waals surface area contributed by atoms with Crippen molar-refractivity contribution < 1.29 is 19.7 Å². The first-order valence-electron chi connectivity index (χ1n) is 9.02. The molecule has 0 fully saturated rings. The summed E-state index contributed by atoms with van der Waals surface area (Å²) in [6, 6.07) is 9.61. The van der Waals surface area contributed by atoms with Crippen molar-refractivity contribution in [2.45, 2.75) is 44.8 Å². The van der Waals surface area contributed by atoms with E-state index in [1.165, 1.54) is 0 Å². The van der Waals surface area contributed by atoms with Crippen LogP contribution < -0.4 is 0 Å². The SMILES string of the molecule is CCOC(=O)CCCC(O)C#CC=CC=CC(O)CC#Cc1ccccc1. The Hall–Kier alpha value is -2.79. The molecular formula is C23H26O4. The van der Waals surface area contributed by atoms with E-state index in [9.17, 15) is 15.0 Å². The number of allylic oxidation sites excluding steroid dienone is 3. The van der Waals surface area contributed by atoms with Crippen LogP contribution in [0.5, 0.6) is 0 Å². The minimum atomic E-state index is -0.771. The van der Waals surface area contributed by atoms with Crippen LogP contribution in [0.1, 0.15) is 38.2 Å². The highest BCUT2D eigenvalue weighted by Gasteiger charge is 2.04. The molecule has 2 unspecified atom stereocenters. The number of carbonyl (C=O) groups is 1. The van der Waals surface area contributed by atoms with Crippen molar-refractivity contribution in [1.29, 1.82) is 0 Å². The van der Waals surface area contributed by atoms with Crippen molar-refractivity contribution in [3.8, 4) is 23.7 Å². The minimum Gasteiger partial charge on any atom is -0.466 e. The molecule has 0 amide bonds. The second-order valence-corrected chi connectivity index (χ2v) is 5.69. The molecule has 0 aliphatic carbocycles. The lowest BCUT2D eigenvalue weighted by atomic mass is 10.1. The van der Waals surface area contributed by atoms with Gasteiger partial charge in [0.15, 0.2) is 0 Å². The van der Waals surface area contributed by atoms with Gasteiger partial charge in [-0.1, -0.05) is 60.1 Å². The van der Waals surface area contributed by atoms with E-state index in [0.717, 1.165) is 5.56 Å². The lowest BCUT2D eigenvalue weighted by Gasteiger charge is -2.03. The zero-order valence-electron chi connectivity index (χ0n) is 15.6. The zero-order chi connectivity index (χ0) is 19.7. The number of aliphatic hydroxyl groups is 2. The van der Waals surface area contributed by atoms with E-state index in [1.807, 2.05) is 30.3 Å². The van der Waals surface area contributed by atoms with Gasteiger partial charge >= 0.3 is 5.97 Å². The summed E-state index contributed by atoms with van der Waals surface area (Å²) >= 11 is 0. The first-order valence-corrected chi connectivity index (χ1v) is 9.02. The van der Waals surface area contributed by atoms with Crippen LogP contribution in [0.2, 0.25) is 0 Å². The molecule has 4 nitrogen and oxygen atoms in total. The summed E-state index contributed by atoms with van der Waals surface area (Å²) in [6.07, 6.45) is 6.78. The number of carbonyl (C=O) groups excluding carboxylic acids is 1. The molecule has 1 rings (SSSR count). The maximum absolute atomic E-state index is 11.2. The first-order chi connectivity index (χ1) is 13.1. The minimum absolute atomic E-state index is 0.255. The fraction of sp³-hybridized carbons (Fsp3) is 0.348. The zero-order valence-corrected chi connectivity index (χ0v) is 15.6. The fourth-order valence-electron chi connectivity index (χ4n) is 2.03. The Bertz CT molecular complexity index is 726. The number of esters is 1. The Morgan fingerprint density at radius 3 is 2.74 bits per heavy atom. The Labute approximate surface area is 161 Å². The van der Waals surface area contributed by atoms with Gasteiger partial charge in [0.1, 0.15) is 6.10 Å². The summed E-state index contributed by atoms with van der Waals surface area (Å²) in [6.45, 7) is 2.13. The average molecular weight is 366 g/mol. The maximum atomic E-state index is 11.2. The number of hydrogen-bond donors (Lipinski definition) is 2. The van der Waals surface area contributed by atoms with E-state index in [4.69, 9.17) is 4.74 Å². The van der Waals surface area contributed by atoms with Crippen LogP contribution in [0.4, 0.5) is 0 Å². The third-order valence-electron chi connectivity index (χ3n) is 3.36. The molecule has 1 aromatic carbocycles. The molecule has 0 aliphatic rings.